The van der Waals surface area contributed by atoms with Gasteiger partial charge in [0.05, 0.1) is 16.2 Å². The van der Waals surface area contributed by atoms with E-state index in [0.29, 0.717) is 11.1 Å². The smallest absolute Gasteiger partial charge is 0.475 e. The molecular formula is C20H18F3N7O6S2. The lowest BCUT2D eigenvalue weighted by atomic mass is 9.96. The van der Waals surface area contributed by atoms with Crippen LogP contribution in [-0.2, 0) is 24.7 Å². The van der Waals surface area contributed by atoms with Gasteiger partial charge < -0.3 is 10.8 Å². The second-order valence-corrected chi connectivity index (χ2v) is 11.0. The Balaban J connectivity index is 0.000000505. The Morgan fingerprint density at radius 2 is 1.68 bits per heavy atom. The number of rotatable bonds is 6. The summed E-state index contributed by atoms with van der Waals surface area (Å²) in [6.45, 7) is -0.196. The van der Waals surface area contributed by atoms with Crippen LogP contribution in [0.2, 0.25) is 0 Å². The Kier molecular flexibility index (Phi) is 8.10. The quantitative estimate of drug-likeness (QED) is 0.255. The predicted octanol–water partition coefficient (Wildman–Crippen LogP) is 1.10. The van der Waals surface area contributed by atoms with Crippen LogP contribution in [0.5, 0.6) is 0 Å². The molecule has 0 aliphatic heterocycles. The molecule has 0 atom stereocenters. The molecule has 0 amide bonds. The fourth-order valence-corrected chi connectivity index (χ4v) is 6.16. The average molecular weight is 574 g/mol. The second kappa shape index (κ2) is 10.8. The molecule has 4 rings (SSSR count). The number of nitrogens with zero attached hydrogens (tertiary/aromatic N) is 4. The van der Waals surface area contributed by atoms with Crippen molar-refractivity contribution < 1.29 is 39.9 Å². The second-order valence-electron chi connectivity index (χ2n) is 7.41. The van der Waals surface area contributed by atoms with E-state index >= 15 is 0 Å². The molecule has 2 aromatic heterocycles. The predicted molar refractivity (Wildman–Crippen MR) is 127 cm³/mol. The van der Waals surface area contributed by atoms with Crippen LogP contribution in [0.1, 0.15) is 0 Å². The third-order valence-electron chi connectivity index (χ3n) is 4.90. The van der Waals surface area contributed by atoms with E-state index in [9.17, 15) is 30.0 Å². The van der Waals surface area contributed by atoms with Crippen LogP contribution >= 0.6 is 0 Å². The van der Waals surface area contributed by atoms with Gasteiger partial charge in [0, 0.05) is 29.9 Å². The number of nitrogens with one attached hydrogen (secondary N) is 1. The summed E-state index contributed by atoms with van der Waals surface area (Å²) in [4.78, 5) is 12.0. The molecule has 2 aromatic carbocycles. The van der Waals surface area contributed by atoms with E-state index < -0.39 is 47.5 Å². The fourth-order valence-electron chi connectivity index (χ4n) is 3.40. The number of fused-ring (bicyclic) bond motifs is 1. The van der Waals surface area contributed by atoms with Crippen LogP contribution in [0, 0.1) is 0 Å². The van der Waals surface area contributed by atoms with E-state index in [-0.39, 0.29) is 17.9 Å². The molecule has 18 heteroatoms. The number of carboxylic acid groups (broad SMARTS) is 1. The van der Waals surface area contributed by atoms with Crippen LogP contribution in [0.25, 0.3) is 33.3 Å². The standard InChI is InChI=1S/C18H17N7O4S2.C2HF3O2/c19-7-8-30(26,27)15-6-5-13(14-10-21-9-11-3-1-2-4-12(11)14)16(17(15)31(20,28)29)18-22-24-25-23-18;3-2(4,5)1(6)7/h1-6,9-10H,7-8,19H2,(H2,20,28,29)(H,22,23,24,25);(H,6,7). The maximum Gasteiger partial charge on any atom is 0.490 e. The Morgan fingerprint density at radius 3 is 2.24 bits per heavy atom. The third-order valence-corrected chi connectivity index (χ3v) is 7.80. The summed E-state index contributed by atoms with van der Waals surface area (Å²) < 4.78 is 82.6. The number of tetrazole rings is 1. The number of carboxylic acids is 1. The first-order valence-electron chi connectivity index (χ1n) is 10.2. The maximum atomic E-state index is 12.8. The van der Waals surface area contributed by atoms with E-state index in [0.717, 1.165) is 10.8 Å². The molecule has 0 unspecified atom stereocenters. The first-order chi connectivity index (χ1) is 17.7. The van der Waals surface area contributed by atoms with Crippen molar-refractivity contribution in [3.63, 3.8) is 0 Å². The van der Waals surface area contributed by atoms with Gasteiger partial charge in [-0.2, -0.15) is 18.4 Å². The van der Waals surface area contributed by atoms with Gasteiger partial charge in [-0.3, -0.25) is 4.98 Å². The van der Waals surface area contributed by atoms with Crippen molar-refractivity contribution in [3.8, 4) is 22.5 Å². The number of alkyl halides is 3. The van der Waals surface area contributed by atoms with Crippen molar-refractivity contribution in [1.29, 1.82) is 0 Å². The molecule has 0 saturated heterocycles. The van der Waals surface area contributed by atoms with Crippen molar-refractivity contribution in [2.24, 2.45) is 10.9 Å². The van der Waals surface area contributed by atoms with Crippen molar-refractivity contribution in [1.82, 2.24) is 25.6 Å². The monoisotopic (exact) mass is 573 g/mol. The average Bonchev–Trinajstić information content (AvgIpc) is 3.37. The highest BCUT2D eigenvalue weighted by molar-refractivity contribution is 7.93. The number of H-pyrrole nitrogens is 1. The number of carbonyl (C=O) groups is 1. The third kappa shape index (κ3) is 6.10. The van der Waals surface area contributed by atoms with Crippen LogP contribution in [0.15, 0.2) is 58.6 Å². The number of benzene rings is 2. The number of aliphatic carboxylic acids is 1. The minimum atomic E-state index is -5.08. The number of aromatic amines is 1. The first-order valence-corrected chi connectivity index (χ1v) is 13.4. The number of sulfone groups is 1. The zero-order chi connectivity index (χ0) is 28.3. The first kappa shape index (κ1) is 28.6. The van der Waals surface area contributed by atoms with Gasteiger partial charge in [-0.15, -0.1) is 10.2 Å². The van der Waals surface area contributed by atoms with E-state index in [2.05, 4.69) is 25.6 Å². The number of aromatic nitrogens is 5. The van der Waals surface area contributed by atoms with Gasteiger partial charge in [0.1, 0.15) is 4.90 Å². The molecule has 202 valence electrons. The Morgan fingerprint density at radius 1 is 1.03 bits per heavy atom. The number of nitrogens with two attached hydrogens (primary N) is 2. The van der Waals surface area contributed by atoms with Gasteiger partial charge in [0.2, 0.25) is 15.8 Å². The molecule has 0 bridgehead atoms. The van der Waals surface area contributed by atoms with Crippen LogP contribution in [0.4, 0.5) is 13.2 Å². The van der Waals surface area contributed by atoms with Gasteiger partial charge in [-0.1, -0.05) is 30.3 Å². The zero-order valence-corrected chi connectivity index (χ0v) is 20.5. The van der Waals surface area contributed by atoms with E-state index in [1.54, 1.807) is 12.4 Å². The highest BCUT2D eigenvalue weighted by Crippen LogP contribution is 2.40. The summed E-state index contributed by atoms with van der Waals surface area (Å²) >= 11 is 0. The van der Waals surface area contributed by atoms with E-state index in [1.165, 1.54) is 12.1 Å². The summed E-state index contributed by atoms with van der Waals surface area (Å²) in [5, 5.41) is 27.7. The van der Waals surface area contributed by atoms with Crippen molar-refractivity contribution in [2.45, 2.75) is 16.0 Å². The number of sulfonamides is 1. The highest BCUT2D eigenvalue weighted by Gasteiger charge is 2.38. The highest BCUT2D eigenvalue weighted by atomic mass is 32.2. The van der Waals surface area contributed by atoms with Crippen LogP contribution < -0.4 is 10.9 Å². The summed E-state index contributed by atoms with van der Waals surface area (Å²) in [6, 6.07) is 10.0. The summed E-state index contributed by atoms with van der Waals surface area (Å²) in [6.07, 6.45) is -1.88. The molecule has 0 spiro atoms. The molecule has 0 aliphatic rings. The maximum absolute atomic E-state index is 12.8. The lowest BCUT2D eigenvalue weighted by Gasteiger charge is -2.17. The lowest BCUT2D eigenvalue weighted by Crippen LogP contribution is -2.22. The van der Waals surface area contributed by atoms with Crippen LogP contribution in [0.3, 0.4) is 0 Å². The van der Waals surface area contributed by atoms with E-state index in [4.69, 9.17) is 20.8 Å². The minimum absolute atomic E-state index is 0.0903. The Bertz CT molecular complexity index is 1690. The molecule has 38 heavy (non-hydrogen) atoms. The Labute approximate surface area is 212 Å². The number of pyridine rings is 1. The van der Waals surface area contributed by atoms with E-state index in [1.807, 2.05) is 24.3 Å². The number of hydrogen-bond acceptors (Lipinski definition) is 10. The molecule has 2 heterocycles. The summed E-state index contributed by atoms with van der Waals surface area (Å²) in [7, 11) is -8.60. The van der Waals surface area contributed by atoms with Gasteiger partial charge in [0.15, 0.2) is 9.84 Å². The lowest BCUT2D eigenvalue weighted by molar-refractivity contribution is -0.192. The minimum Gasteiger partial charge on any atom is -0.475 e. The van der Waals surface area contributed by atoms with Crippen molar-refractivity contribution >= 4 is 36.6 Å². The summed E-state index contributed by atoms with van der Waals surface area (Å²) in [5.41, 5.74) is 6.21. The topological polar surface area (TPSA) is 225 Å². The molecule has 4 aromatic rings. The van der Waals surface area contributed by atoms with Crippen molar-refractivity contribution in [3.05, 3.63) is 48.8 Å². The normalized spacial score (nSPS) is 12.1. The van der Waals surface area contributed by atoms with Gasteiger partial charge >= 0.3 is 12.1 Å². The molecular weight excluding hydrogens is 555 g/mol. The molecule has 13 nitrogen and oxygen atoms in total. The Hall–Kier alpha value is -4.00. The largest absolute Gasteiger partial charge is 0.490 e. The fraction of sp³-hybridized carbons (Fsp3) is 0.150. The van der Waals surface area contributed by atoms with Gasteiger partial charge in [-0.25, -0.2) is 26.8 Å². The van der Waals surface area contributed by atoms with Gasteiger partial charge in [-0.05, 0) is 22.2 Å². The molecule has 0 radical (unpaired) electrons. The summed E-state index contributed by atoms with van der Waals surface area (Å²) in [5.74, 6) is -3.35. The molecule has 0 fully saturated rings. The zero-order valence-electron chi connectivity index (χ0n) is 18.9. The van der Waals surface area contributed by atoms with Crippen LogP contribution in [-0.4, -0.2) is 72.0 Å². The number of hydrogen-bond donors (Lipinski definition) is 4. The molecule has 6 N–H and O–H groups in total. The van der Waals surface area contributed by atoms with Gasteiger partial charge in [0.25, 0.3) is 0 Å². The number of primary sulfonamides is 1. The number of halogens is 3. The molecule has 0 aliphatic carbocycles. The SMILES string of the molecule is NCCS(=O)(=O)c1ccc(-c2cncc3ccccc23)c(-c2nn[nH]n2)c1S(N)(=O)=O.O=C(O)C(F)(F)F. The molecule has 0 saturated carbocycles. The van der Waals surface area contributed by atoms with Crippen molar-refractivity contribution in [2.75, 3.05) is 12.3 Å².